The van der Waals surface area contributed by atoms with E-state index < -0.39 is 0 Å². The maximum atomic E-state index is 5.87. The van der Waals surface area contributed by atoms with E-state index in [1.807, 2.05) is 0 Å². The zero-order valence-corrected chi connectivity index (χ0v) is 13.1. The Morgan fingerprint density at radius 2 is 2.10 bits per heavy atom. The maximum Gasteiger partial charge on any atom is 0.122 e. The standard InChI is InChI=1S/C18H26N2O/c1-18(2)12-19-16(13-7-8-13)10-20(18)9-14-11-21-17-6-4-3-5-15(14)17/h3-6,13-14,16,19H,7-12H2,1-2H3. The van der Waals surface area contributed by atoms with Crippen LogP contribution >= 0.6 is 0 Å². The minimum atomic E-state index is 0.239. The Morgan fingerprint density at radius 3 is 2.90 bits per heavy atom. The average Bonchev–Trinajstić information content (AvgIpc) is 3.24. The number of nitrogens with one attached hydrogen (secondary N) is 1. The molecule has 2 heterocycles. The molecule has 2 atom stereocenters. The molecule has 1 aromatic rings. The third-order valence-electron chi connectivity index (χ3n) is 5.50. The highest BCUT2D eigenvalue weighted by molar-refractivity contribution is 5.39. The molecule has 3 heteroatoms. The zero-order chi connectivity index (χ0) is 14.4. The van der Waals surface area contributed by atoms with E-state index in [4.69, 9.17) is 4.74 Å². The van der Waals surface area contributed by atoms with Crippen molar-refractivity contribution in [3.63, 3.8) is 0 Å². The smallest absolute Gasteiger partial charge is 0.122 e. The number of para-hydroxylation sites is 1. The molecule has 21 heavy (non-hydrogen) atoms. The molecular formula is C18H26N2O. The van der Waals surface area contributed by atoms with E-state index in [-0.39, 0.29) is 5.54 Å². The van der Waals surface area contributed by atoms with Crippen LogP contribution in [0.2, 0.25) is 0 Å². The van der Waals surface area contributed by atoms with Crippen LogP contribution in [0.3, 0.4) is 0 Å². The molecule has 1 aliphatic carbocycles. The summed E-state index contributed by atoms with van der Waals surface area (Å²) >= 11 is 0. The van der Waals surface area contributed by atoms with E-state index in [0.29, 0.717) is 12.0 Å². The van der Waals surface area contributed by atoms with Gasteiger partial charge in [-0.2, -0.15) is 0 Å². The Hall–Kier alpha value is -1.06. The molecular weight excluding hydrogens is 260 g/mol. The monoisotopic (exact) mass is 286 g/mol. The normalized spacial score (nSPS) is 31.7. The predicted molar refractivity (Wildman–Crippen MR) is 84.8 cm³/mol. The van der Waals surface area contributed by atoms with Gasteiger partial charge in [0.1, 0.15) is 5.75 Å². The molecule has 114 valence electrons. The molecule has 1 aromatic carbocycles. The van der Waals surface area contributed by atoms with Crippen molar-refractivity contribution in [3.8, 4) is 5.75 Å². The Balaban J connectivity index is 1.49. The minimum Gasteiger partial charge on any atom is -0.493 e. The van der Waals surface area contributed by atoms with Crippen LogP contribution in [0.25, 0.3) is 0 Å². The molecule has 0 spiro atoms. The molecule has 3 nitrogen and oxygen atoms in total. The number of fused-ring (bicyclic) bond motifs is 1. The van der Waals surface area contributed by atoms with E-state index >= 15 is 0 Å². The summed E-state index contributed by atoms with van der Waals surface area (Å²) in [5.41, 5.74) is 1.64. The fourth-order valence-corrected chi connectivity index (χ4v) is 3.82. The van der Waals surface area contributed by atoms with Crippen LogP contribution < -0.4 is 10.1 Å². The van der Waals surface area contributed by atoms with Gasteiger partial charge in [0.15, 0.2) is 0 Å². The minimum absolute atomic E-state index is 0.239. The van der Waals surface area contributed by atoms with Crippen LogP contribution in [0, 0.1) is 5.92 Å². The molecule has 0 aromatic heterocycles. The summed E-state index contributed by atoms with van der Waals surface area (Å²) in [6.45, 7) is 8.98. The van der Waals surface area contributed by atoms with Crippen LogP contribution in [0.1, 0.15) is 38.2 Å². The SMILES string of the molecule is CC1(C)CNC(C2CC2)CN1CC1COc2ccccc21. The number of nitrogens with zero attached hydrogens (tertiary/aromatic N) is 1. The van der Waals surface area contributed by atoms with Crippen molar-refractivity contribution >= 4 is 0 Å². The number of ether oxygens (including phenoxy) is 1. The van der Waals surface area contributed by atoms with Gasteiger partial charge < -0.3 is 10.1 Å². The number of piperazine rings is 1. The van der Waals surface area contributed by atoms with Crippen molar-refractivity contribution in [1.82, 2.24) is 10.2 Å². The van der Waals surface area contributed by atoms with E-state index in [0.717, 1.165) is 31.4 Å². The second-order valence-corrected chi connectivity index (χ2v) is 7.59. The zero-order valence-electron chi connectivity index (χ0n) is 13.1. The number of benzene rings is 1. The van der Waals surface area contributed by atoms with Crippen molar-refractivity contribution in [2.24, 2.45) is 5.92 Å². The van der Waals surface area contributed by atoms with Gasteiger partial charge in [0, 0.05) is 42.7 Å². The molecule has 1 saturated carbocycles. The van der Waals surface area contributed by atoms with Crippen molar-refractivity contribution in [2.75, 3.05) is 26.2 Å². The average molecular weight is 286 g/mol. The highest BCUT2D eigenvalue weighted by Gasteiger charge is 2.41. The summed E-state index contributed by atoms with van der Waals surface area (Å²) in [4.78, 5) is 2.70. The van der Waals surface area contributed by atoms with Crippen molar-refractivity contribution in [1.29, 1.82) is 0 Å². The molecule has 0 bridgehead atoms. The van der Waals surface area contributed by atoms with Gasteiger partial charge in [-0.15, -0.1) is 0 Å². The van der Waals surface area contributed by atoms with Gasteiger partial charge in [-0.25, -0.2) is 0 Å². The number of hydrogen-bond acceptors (Lipinski definition) is 3. The fourth-order valence-electron chi connectivity index (χ4n) is 3.82. The highest BCUT2D eigenvalue weighted by atomic mass is 16.5. The van der Waals surface area contributed by atoms with E-state index in [1.165, 1.54) is 24.9 Å². The van der Waals surface area contributed by atoms with Gasteiger partial charge in [-0.05, 0) is 38.7 Å². The second kappa shape index (κ2) is 4.99. The molecule has 1 saturated heterocycles. The predicted octanol–water partition coefficient (Wildman–Crippen LogP) is 2.63. The Kier molecular flexibility index (Phi) is 3.23. The van der Waals surface area contributed by atoms with Gasteiger partial charge in [-0.1, -0.05) is 18.2 Å². The number of rotatable bonds is 3. The summed E-state index contributed by atoms with van der Waals surface area (Å²) < 4.78 is 5.87. The molecule has 2 fully saturated rings. The van der Waals surface area contributed by atoms with E-state index in [9.17, 15) is 0 Å². The quantitative estimate of drug-likeness (QED) is 0.924. The lowest BCUT2D eigenvalue weighted by atomic mass is 9.92. The van der Waals surface area contributed by atoms with Crippen LogP contribution in [-0.2, 0) is 0 Å². The summed E-state index contributed by atoms with van der Waals surface area (Å²) in [5, 5.41) is 3.77. The van der Waals surface area contributed by atoms with E-state index in [2.05, 4.69) is 48.3 Å². The first-order valence-electron chi connectivity index (χ1n) is 8.34. The molecule has 4 rings (SSSR count). The van der Waals surface area contributed by atoms with Gasteiger partial charge in [-0.3, -0.25) is 4.90 Å². The highest BCUT2D eigenvalue weighted by Crippen LogP contribution is 2.38. The summed E-state index contributed by atoms with van der Waals surface area (Å²) in [5.74, 6) is 2.54. The van der Waals surface area contributed by atoms with Crippen LogP contribution in [0.15, 0.2) is 24.3 Å². The van der Waals surface area contributed by atoms with Crippen LogP contribution in [-0.4, -0.2) is 42.7 Å². The molecule has 3 aliphatic rings. The lowest BCUT2D eigenvalue weighted by molar-refractivity contribution is 0.0525. The first kappa shape index (κ1) is 13.6. The lowest BCUT2D eigenvalue weighted by Crippen LogP contribution is -2.63. The second-order valence-electron chi connectivity index (χ2n) is 7.59. The van der Waals surface area contributed by atoms with Crippen molar-refractivity contribution < 1.29 is 4.74 Å². The molecule has 1 N–H and O–H groups in total. The van der Waals surface area contributed by atoms with Crippen LogP contribution in [0.5, 0.6) is 5.75 Å². The first-order chi connectivity index (χ1) is 10.1. The molecule has 0 radical (unpaired) electrons. The van der Waals surface area contributed by atoms with Gasteiger partial charge in [0.25, 0.3) is 0 Å². The largest absolute Gasteiger partial charge is 0.493 e. The molecule has 2 unspecified atom stereocenters. The van der Waals surface area contributed by atoms with Gasteiger partial charge in [0.05, 0.1) is 6.61 Å². The Morgan fingerprint density at radius 1 is 1.29 bits per heavy atom. The first-order valence-corrected chi connectivity index (χ1v) is 8.34. The molecule has 2 aliphatic heterocycles. The maximum absolute atomic E-state index is 5.87. The van der Waals surface area contributed by atoms with Crippen molar-refractivity contribution in [3.05, 3.63) is 29.8 Å². The summed E-state index contributed by atoms with van der Waals surface area (Å²) in [6, 6.07) is 9.25. The van der Waals surface area contributed by atoms with Crippen molar-refractivity contribution in [2.45, 2.75) is 44.2 Å². The van der Waals surface area contributed by atoms with E-state index in [1.54, 1.807) is 0 Å². The Labute approximate surface area is 127 Å². The number of hydrogen-bond donors (Lipinski definition) is 1. The fraction of sp³-hybridized carbons (Fsp3) is 0.667. The van der Waals surface area contributed by atoms with Gasteiger partial charge in [0.2, 0.25) is 0 Å². The van der Waals surface area contributed by atoms with Crippen LogP contribution in [0.4, 0.5) is 0 Å². The third kappa shape index (κ3) is 2.58. The Bertz CT molecular complexity index is 524. The molecule has 0 amide bonds. The third-order valence-corrected chi connectivity index (χ3v) is 5.50. The summed E-state index contributed by atoms with van der Waals surface area (Å²) in [6.07, 6.45) is 2.84. The lowest BCUT2D eigenvalue weighted by Gasteiger charge is -2.47. The summed E-state index contributed by atoms with van der Waals surface area (Å²) in [7, 11) is 0. The topological polar surface area (TPSA) is 24.5 Å². The van der Waals surface area contributed by atoms with Gasteiger partial charge >= 0.3 is 0 Å².